The van der Waals surface area contributed by atoms with Crippen LogP contribution in [0.2, 0.25) is 0 Å². The van der Waals surface area contributed by atoms with Gasteiger partial charge in [-0.15, -0.1) is 0 Å². The predicted octanol–water partition coefficient (Wildman–Crippen LogP) is 2.58. The number of hydrogen-bond acceptors (Lipinski definition) is 4. The third-order valence-corrected chi connectivity index (χ3v) is 4.29. The Kier molecular flexibility index (Phi) is 5.62. The molecule has 0 spiro atoms. The zero-order chi connectivity index (χ0) is 15.4. The second-order valence-corrected chi connectivity index (χ2v) is 5.98. The Bertz CT molecular complexity index is 433. The highest BCUT2D eigenvalue weighted by Gasteiger charge is 2.33. The quantitative estimate of drug-likeness (QED) is 0.906. The van der Waals surface area contributed by atoms with Crippen LogP contribution in [0.15, 0.2) is 24.3 Å². The standard InChI is InChI=1S/C17H28N2O2/c1-5-15-11-21-12(2)10-19(15)17(13(3)18)14-6-8-16(20-4)9-7-14/h6-9,12-13,15,17H,5,10-11,18H2,1-4H3. The molecule has 2 rings (SSSR count). The van der Waals surface area contributed by atoms with Crippen LogP contribution in [0.5, 0.6) is 5.75 Å². The molecule has 1 aliphatic rings. The first-order valence-electron chi connectivity index (χ1n) is 7.83. The second kappa shape index (κ2) is 7.25. The average molecular weight is 292 g/mol. The van der Waals surface area contributed by atoms with Gasteiger partial charge in [-0.25, -0.2) is 0 Å². The monoisotopic (exact) mass is 292 g/mol. The third kappa shape index (κ3) is 3.76. The van der Waals surface area contributed by atoms with Gasteiger partial charge in [-0.3, -0.25) is 4.90 Å². The predicted molar refractivity (Wildman–Crippen MR) is 85.6 cm³/mol. The Morgan fingerprint density at radius 3 is 2.57 bits per heavy atom. The van der Waals surface area contributed by atoms with E-state index in [0.717, 1.165) is 25.3 Å². The number of rotatable bonds is 5. The van der Waals surface area contributed by atoms with Crippen molar-refractivity contribution in [3.63, 3.8) is 0 Å². The molecule has 0 bridgehead atoms. The molecule has 1 aliphatic heterocycles. The normalized spacial score (nSPS) is 26.3. The van der Waals surface area contributed by atoms with Gasteiger partial charge in [-0.05, 0) is 38.0 Å². The summed E-state index contributed by atoms with van der Waals surface area (Å²) in [6.07, 6.45) is 1.33. The van der Waals surface area contributed by atoms with Crippen molar-refractivity contribution >= 4 is 0 Å². The van der Waals surface area contributed by atoms with Gasteiger partial charge in [0, 0.05) is 18.6 Å². The van der Waals surface area contributed by atoms with Crippen LogP contribution >= 0.6 is 0 Å². The number of nitrogens with zero attached hydrogens (tertiary/aromatic N) is 1. The van der Waals surface area contributed by atoms with Gasteiger partial charge in [0.05, 0.1) is 25.9 Å². The Balaban J connectivity index is 2.27. The maximum Gasteiger partial charge on any atom is 0.118 e. The van der Waals surface area contributed by atoms with E-state index >= 15 is 0 Å². The van der Waals surface area contributed by atoms with Gasteiger partial charge in [0.2, 0.25) is 0 Å². The maximum atomic E-state index is 6.32. The van der Waals surface area contributed by atoms with Crippen molar-refractivity contribution in [3.05, 3.63) is 29.8 Å². The van der Waals surface area contributed by atoms with Crippen molar-refractivity contribution in [2.45, 2.75) is 51.4 Å². The van der Waals surface area contributed by atoms with Gasteiger partial charge in [-0.2, -0.15) is 0 Å². The molecular weight excluding hydrogens is 264 g/mol. The van der Waals surface area contributed by atoms with Crippen molar-refractivity contribution in [1.82, 2.24) is 4.90 Å². The molecule has 4 heteroatoms. The highest BCUT2D eigenvalue weighted by molar-refractivity contribution is 5.30. The van der Waals surface area contributed by atoms with E-state index in [9.17, 15) is 0 Å². The van der Waals surface area contributed by atoms with Gasteiger partial charge < -0.3 is 15.2 Å². The first kappa shape index (κ1) is 16.3. The van der Waals surface area contributed by atoms with Crippen LogP contribution < -0.4 is 10.5 Å². The van der Waals surface area contributed by atoms with Crippen molar-refractivity contribution in [3.8, 4) is 5.75 Å². The van der Waals surface area contributed by atoms with Crippen LogP contribution in [0.1, 0.15) is 38.8 Å². The lowest BCUT2D eigenvalue weighted by Gasteiger charge is -2.44. The van der Waals surface area contributed by atoms with Crippen molar-refractivity contribution in [2.75, 3.05) is 20.3 Å². The molecule has 118 valence electrons. The van der Waals surface area contributed by atoms with Crippen molar-refractivity contribution < 1.29 is 9.47 Å². The van der Waals surface area contributed by atoms with Gasteiger partial charge >= 0.3 is 0 Å². The Labute approximate surface area is 128 Å². The average Bonchev–Trinajstić information content (AvgIpc) is 2.48. The number of morpholine rings is 1. The molecule has 0 radical (unpaired) electrons. The molecule has 4 atom stereocenters. The minimum Gasteiger partial charge on any atom is -0.497 e. The lowest BCUT2D eigenvalue weighted by atomic mass is 9.95. The van der Waals surface area contributed by atoms with Gasteiger partial charge in [0.15, 0.2) is 0 Å². The van der Waals surface area contributed by atoms with E-state index in [1.54, 1.807) is 7.11 Å². The molecule has 0 saturated carbocycles. The summed E-state index contributed by atoms with van der Waals surface area (Å²) in [4.78, 5) is 2.51. The summed E-state index contributed by atoms with van der Waals surface area (Å²) in [5, 5.41) is 0. The lowest BCUT2D eigenvalue weighted by Crippen LogP contribution is -2.53. The molecular formula is C17H28N2O2. The number of nitrogens with two attached hydrogens (primary N) is 1. The summed E-state index contributed by atoms with van der Waals surface area (Å²) < 4.78 is 11.1. The number of benzene rings is 1. The SMILES string of the molecule is CCC1COC(C)CN1C(c1ccc(OC)cc1)C(C)N. The fraction of sp³-hybridized carbons (Fsp3) is 0.647. The van der Waals surface area contributed by atoms with Crippen LogP contribution in [0.3, 0.4) is 0 Å². The highest BCUT2D eigenvalue weighted by atomic mass is 16.5. The van der Waals surface area contributed by atoms with E-state index in [1.165, 1.54) is 5.56 Å². The molecule has 4 unspecified atom stereocenters. The molecule has 1 saturated heterocycles. The van der Waals surface area contributed by atoms with Crippen molar-refractivity contribution in [2.24, 2.45) is 5.73 Å². The summed E-state index contributed by atoms with van der Waals surface area (Å²) >= 11 is 0. The first-order valence-corrected chi connectivity index (χ1v) is 7.83. The number of ether oxygens (including phenoxy) is 2. The zero-order valence-electron chi connectivity index (χ0n) is 13.6. The van der Waals surface area contributed by atoms with Crippen LogP contribution in [0, 0.1) is 0 Å². The van der Waals surface area contributed by atoms with E-state index in [0.29, 0.717) is 6.04 Å². The Morgan fingerprint density at radius 1 is 1.38 bits per heavy atom. The molecule has 0 aliphatic carbocycles. The van der Waals surface area contributed by atoms with Gasteiger partial charge in [0.25, 0.3) is 0 Å². The topological polar surface area (TPSA) is 47.7 Å². The van der Waals surface area contributed by atoms with Crippen LogP contribution in [0.4, 0.5) is 0 Å². The Morgan fingerprint density at radius 2 is 2.05 bits per heavy atom. The highest BCUT2D eigenvalue weighted by Crippen LogP contribution is 2.30. The zero-order valence-corrected chi connectivity index (χ0v) is 13.6. The Hall–Kier alpha value is -1.10. The number of methoxy groups -OCH3 is 1. The summed E-state index contributed by atoms with van der Waals surface area (Å²) in [5.41, 5.74) is 7.57. The minimum atomic E-state index is 0.0674. The molecule has 1 fully saturated rings. The van der Waals surface area contributed by atoms with E-state index in [2.05, 4.69) is 37.8 Å². The molecule has 2 N–H and O–H groups in total. The molecule has 0 amide bonds. The molecule has 4 nitrogen and oxygen atoms in total. The fourth-order valence-corrected chi connectivity index (χ4v) is 3.16. The van der Waals surface area contributed by atoms with Gasteiger partial charge in [-0.1, -0.05) is 19.1 Å². The molecule has 0 aromatic heterocycles. The third-order valence-electron chi connectivity index (χ3n) is 4.29. The molecule has 1 aromatic rings. The first-order chi connectivity index (χ1) is 10.1. The van der Waals surface area contributed by atoms with Crippen molar-refractivity contribution in [1.29, 1.82) is 0 Å². The molecule has 1 aromatic carbocycles. The number of hydrogen-bond donors (Lipinski definition) is 1. The molecule has 21 heavy (non-hydrogen) atoms. The minimum absolute atomic E-state index is 0.0674. The smallest absolute Gasteiger partial charge is 0.118 e. The van der Waals surface area contributed by atoms with Crippen LogP contribution in [0.25, 0.3) is 0 Å². The molecule has 1 heterocycles. The van der Waals surface area contributed by atoms with Crippen LogP contribution in [-0.4, -0.2) is 43.3 Å². The maximum absolute atomic E-state index is 6.32. The lowest BCUT2D eigenvalue weighted by molar-refractivity contribution is -0.0762. The van der Waals surface area contributed by atoms with E-state index < -0.39 is 0 Å². The van der Waals surface area contributed by atoms with Gasteiger partial charge in [0.1, 0.15) is 5.75 Å². The summed E-state index contributed by atoms with van der Waals surface area (Å²) in [7, 11) is 1.69. The van der Waals surface area contributed by atoms with E-state index in [-0.39, 0.29) is 18.2 Å². The summed E-state index contributed by atoms with van der Waals surface area (Å²) in [6.45, 7) is 8.14. The van der Waals surface area contributed by atoms with Crippen LogP contribution in [-0.2, 0) is 4.74 Å². The van der Waals surface area contributed by atoms with E-state index in [1.807, 2.05) is 12.1 Å². The summed E-state index contributed by atoms with van der Waals surface area (Å²) in [6, 6.07) is 8.98. The van der Waals surface area contributed by atoms with E-state index in [4.69, 9.17) is 15.2 Å². The largest absolute Gasteiger partial charge is 0.497 e. The summed E-state index contributed by atoms with van der Waals surface area (Å²) in [5.74, 6) is 0.879. The fourth-order valence-electron chi connectivity index (χ4n) is 3.16. The second-order valence-electron chi connectivity index (χ2n) is 5.98.